The van der Waals surface area contributed by atoms with Crippen molar-refractivity contribution in [2.45, 2.75) is 71.9 Å². The van der Waals surface area contributed by atoms with Gasteiger partial charge in [-0.3, -0.25) is 10.2 Å². The number of hydrogen-bond acceptors (Lipinski definition) is 2. The number of nitrogens with one attached hydrogen (secondary N) is 1. The van der Waals surface area contributed by atoms with E-state index in [2.05, 4.69) is 12.3 Å². The Kier molecular flexibility index (Phi) is 8.98. The molecule has 4 heteroatoms. The van der Waals surface area contributed by atoms with Crippen molar-refractivity contribution in [1.29, 1.82) is 0 Å². The quantitative estimate of drug-likeness (QED) is 0.482. The van der Waals surface area contributed by atoms with Crippen molar-refractivity contribution >= 4 is 5.91 Å². The Balaban J connectivity index is 4.48. The van der Waals surface area contributed by atoms with Crippen LogP contribution < -0.4 is 5.43 Å². The van der Waals surface area contributed by atoms with Crippen molar-refractivity contribution in [2.75, 3.05) is 13.1 Å². The lowest BCUT2D eigenvalue weighted by Gasteiger charge is -2.28. The minimum atomic E-state index is -1.70. The van der Waals surface area contributed by atoms with Crippen LogP contribution in [0.25, 0.3) is 0 Å². The SMILES string of the molecule is CCCCCC(F)(CCC)C(=O)NN(CC)CC. The fourth-order valence-electron chi connectivity index (χ4n) is 2.03. The third-order valence-corrected chi connectivity index (χ3v) is 3.25. The lowest BCUT2D eigenvalue weighted by molar-refractivity contribution is -0.139. The number of rotatable bonds is 10. The van der Waals surface area contributed by atoms with Crippen LogP contribution in [-0.2, 0) is 4.79 Å². The molecule has 0 rings (SSSR count). The van der Waals surface area contributed by atoms with Gasteiger partial charge in [-0.15, -0.1) is 0 Å². The summed E-state index contributed by atoms with van der Waals surface area (Å²) in [4.78, 5) is 12.0. The van der Waals surface area contributed by atoms with Crippen molar-refractivity contribution in [3.05, 3.63) is 0 Å². The van der Waals surface area contributed by atoms with Crippen LogP contribution in [0.3, 0.4) is 0 Å². The molecular formula is C14H29FN2O. The van der Waals surface area contributed by atoms with E-state index in [9.17, 15) is 9.18 Å². The Labute approximate surface area is 111 Å². The first-order chi connectivity index (χ1) is 8.53. The molecule has 0 aliphatic carbocycles. The molecule has 0 aliphatic heterocycles. The normalized spacial score (nSPS) is 14.6. The predicted octanol–water partition coefficient (Wildman–Crippen LogP) is 3.45. The Morgan fingerprint density at radius 3 is 2.11 bits per heavy atom. The van der Waals surface area contributed by atoms with Crippen LogP contribution in [0.5, 0.6) is 0 Å². The number of nitrogens with zero attached hydrogens (tertiary/aromatic N) is 1. The third-order valence-electron chi connectivity index (χ3n) is 3.25. The van der Waals surface area contributed by atoms with E-state index in [4.69, 9.17) is 0 Å². The number of halogens is 1. The summed E-state index contributed by atoms with van der Waals surface area (Å²) in [5, 5.41) is 1.74. The summed E-state index contributed by atoms with van der Waals surface area (Å²) >= 11 is 0. The van der Waals surface area contributed by atoms with Gasteiger partial charge in [0, 0.05) is 13.1 Å². The fourth-order valence-corrected chi connectivity index (χ4v) is 2.03. The van der Waals surface area contributed by atoms with Crippen LogP contribution in [-0.4, -0.2) is 29.7 Å². The van der Waals surface area contributed by atoms with E-state index < -0.39 is 11.6 Å². The molecule has 0 radical (unpaired) electrons. The topological polar surface area (TPSA) is 32.3 Å². The predicted molar refractivity (Wildman–Crippen MR) is 74.0 cm³/mol. The van der Waals surface area contributed by atoms with Gasteiger partial charge < -0.3 is 0 Å². The van der Waals surface area contributed by atoms with Crippen LogP contribution in [0.15, 0.2) is 0 Å². The molecule has 0 aromatic carbocycles. The van der Waals surface area contributed by atoms with Gasteiger partial charge in [0.25, 0.3) is 5.91 Å². The lowest BCUT2D eigenvalue weighted by atomic mass is 9.92. The maximum atomic E-state index is 14.7. The molecule has 1 amide bonds. The fraction of sp³-hybridized carbons (Fsp3) is 0.929. The first kappa shape index (κ1) is 17.4. The highest BCUT2D eigenvalue weighted by Crippen LogP contribution is 2.26. The summed E-state index contributed by atoms with van der Waals surface area (Å²) in [5.41, 5.74) is 0.986. The van der Waals surface area contributed by atoms with Crippen LogP contribution in [0.1, 0.15) is 66.2 Å². The van der Waals surface area contributed by atoms with Crippen LogP contribution in [0.4, 0.5) is 4.39 Å². The second-order valence-electron chi connectivity index (χ2n) is 4.79. The monoisotopic (exact) mass is 260 g/mol. The van der Waals surface area contributed by atoms with Crippen molar-refractivity contribution in [1.82, 2.24) is 10.4 Å². The number of amides is 1. The van der Waals surface area contributed by atoms with Crippen molar-refractivity contribution in [3.63, 3.8) is 0 Å². The maximum absolute atomic E-state index is 14.7. The molecule has 0 fully saturated rings. The highest BCUT2D eigenvalue weighted by Gasteiger charge is 2.37. The Hall–Kier alpha value is -0.640. The molecule has 0 heterocycles. The van der Waals surface area contributed by atoms with Gasteiger partial charge in [0.1, 0.15) is 0 Å². The molecule has 0 aliphatic rings. The molecule has 0 aromatic rings. The summed E-state index contributed by atoms with van der Waals surface area (Å²) in [7, 11) is 0. The molecular weight excluding hydrogens is 231 g/mol. The zero-order chi connectivity index (χ0) is 14.0. The van der Waals surface area contributed by atoms with Gasteiger partial charge in [0.15, 0.2) is 5.67 Å². The summed E-state index contributed by atoms with van der Waals surface area (Å²) in [5.74, 6) is -0.468. The number of carbonyl (C=O) groups excluding carboxylic acids is 1. The van der Waals surface area contributed by atoms with Crippen LogP contribution in [0, 0.1) is 0 Å². The molecule has 1 atom stereocenters. The van der Waals surface area contributed by atoms with Gasteiger partial charge in [-0.2, -0.15) is 0 Å². The number of carbonyl (C=O) groups is 1. The summed E-state index contributed by atoms with van der Waals surface area (Å²) in [6.07, 6.45) is 4.13. The average Bonchev–Trinajstić information content (AvgIpc) is 2.36. The van der Waals surface area contributed by atoms with Crippen LogP contribution >= 0.6 is 0 Å². The van der Waals surface area contributed by atoms with E-state index in [-0.39, 0.29) is 0 Å². The molecule has 1 N–H and O–H groups in total. The molecule has 0 saturated heterocycles. The van der Waals surface area contributed by atoms with Crippen LogP contribution in [0.2, 0.25) is 0 Å². The largest absolute Gasteiger partial charge is 0.286 e. The standard InChI is InChI=1S/C14H29FN2O/c1-5-9-10-12-14(15,11-6-2)13(18)16-17(7-3)8-4/h5-12H2,1-4H3,(H,16,18). The zero-order valence-corrected chi connectivity index (χ0v) is 12.4. The highest BCUT2D eigenvalue weighted by atomic mass is 19.1. The summed E-state index contributed by atoms with van der Waals surface area (Å²) in [6.45, 7) is 9.27. The van der Waals surface area contributed by atoms with E-state index in [1.807, 2.05) is 20.8 Å². The highest BCUT2D eigenvalue weighted by molar-refractivity contribution is 5.84. The molecule has 3 nitrogen and oxygen atoms in total. The number of alkyl halides is 1. The first-order valence-corrected chi connectivity index (χ1v) is 7.28. The van der Waals surface area contributed by atoms with Crippen molar-refractivity contribution in [2.24, 2.45) is 0 Å². The minimum Gasteiger partial charge on any atom is -0.286 e. The maximum Gasteiger partial charge on any atom is 0.271 e. The van der Waals surface area contributed by atoms with E-state index in [0.717, 1.165) is 19.3 Å². The van der Waals surface area contributed by atoms with Gasteiger partial charge in [-0.25, -0.2) is 9.40 Å². The molecule has 0 saturated carbocycles. The Morgan fingerprint density at radius 2 is 1.67 bits per heavy atom. The second-order valence-corrected chi connectivity index (χ2v) is 4.79. The van der Waals surface area contributed by atoms with E-state index in [1.165, 1.54) is 0 Å². The van der Waals surface area contributed by atoms with E-state index in [1.54, 1.807) is 5.01 Å². The minimum absolute atomic E-state index is 0.309. The van der Waals surface area contributed by atoms with Gasteiger partial charge in [0.2, 0.25) is 0 Å². The van der Waals surface area contributed by atoms with E-state index in [0.29, 0.717) is 32.4 Å². The molecule has 0 bridgehead atoms. The third kappa shape index (κ3) is 5.80. The smallest absolute Gasteiger partial charge is 0.271 e. The summed E-state index contributed by atoms with van der Waals surface area (Å²) < 4.78 is 14.7. The van der Waals surface area contributed by atoms with Gasteiger partial charge in [-0.1, -0.05) is 47.0 Å². The molecule has 0 aromatic heterocycles. The Bertz CT molecular complexity index is 232. The van der Waals surface area contributed by atoms with Crippen molar-refractivity contribution in [3.8, 4) is 0 Å². The van der Waals surface area contributed by atoms with Gasteiger partial charge in [0.05, 0.1) is 0 Å². The zero-order valence-electron chi connectivity index (χ0n) is 12.4. The van der Waals surface area contributed by atoms with Gasteiger partial charge in [-0.05, 0) is 19.3 Å². The van der Waals surface area contributed by atoms with E-state index >= 15 is 0 Å². The summed E-state index contributed by atoms with van der Waals surface area (Å²) in [6, 6.07) is 0. The molecule has 1 unspecified atom stereocenters. The van der Waals surface area contributed by atoms with Gasteiger partial charge >= 0.3 is 0 Å². The number of unbranched alkanes of at least 4 members (excludes halogenated alkanes) is 2. The molecule has 0 spiro atoms. The first-order valence-electron chi connectivity index (χ1n) is 7.28. The average molecular weight is 260 g/mol. The molecule has 108 valence electrons. The number of hydrazine groups is 1. The lowest BCUT2D eigenvalue weighted by Crippen LogP contribution is -2.51. The second kappa shape index (κ2) is 9.31. The van der Waals surface area contributed by atoms with Crippen molar-refractivity contribution < 1.29 is 9.18 Å². The Morgan fingerprint density at radius 1 is 1.06 bits per heavy atom. The molecule has 18 heavy (non-hydrogen) atoms. The number of hydrogen-bond donors (Lipinski definition) is 1.